The number of nitrogens with one attached hydrogen (secondary N) is 1. The minimum atomic E-state index is -4.06. The first-order chi connectivity index (χ1) is 5.97. The van der Waals surface area contributed by atoms with Crippen molar-refractivity contribution in [2.45, 2.75) is 25.6 Å². The largest absolute Gasteiger partial charge is 0.401 e. The maximum atomic E-state index is 12.0. The third-order valence-electron chi connectivity index (χ3n) is 2.20. The van der Waals surface area contributed by atoms with Crippen molar-refractivity contribution in [2.24, 2.45) is 0 Å². The van der Waals surface area contributed by atoms with Gasteiger partial charge in [-0.25, -0.2) is 0 Å². The normalized spacial score (nSPS) is 27.2. The number of rotatable bonds is 1. The highest BCUT2D eigenvalue weighted by molar-refractivity contribution is 4.73. The summed E-state index contributed by atoms with van der Waals surface area (Å²) in [5, 5.41) is 3.15. The fourth-order valence-electron chi connectivity index (χ4n) is 1.47. The van der Waals surface area contributed by atoms with Crippen LogP contribution in [0.3, 0.4) is 0 Å². The Hall–Kier alpha value is -0.290. The Balaban J connectivity index is 2.34. The molecular weight excluding hydrogens is 181 g/mol. The van der Waals surface area contributed by atoms with E-state index in [-0.39, 0.29) is 0 Å². The molecule has 1 heterocycles. The van der Waals surface area contributed by atoms with Crippen LogP contribution < -0.4 is 5.32 Å². The smallest absolute Gasteiger partial charge is 0.313 e. The highest BCUT2D eigenvalue weighted by atomic mass is 19.4. The second kappa shape index (κ2) is 4.28. The van der Waals surface area contributed by atoms with Crippen molar-refractivity contribution < 1.29 is 13.2 Å². The summed E-state index contributed by atoms with van der Waals surface area (Å²) >= 11 is 0. The van der Waals surface area contributed by atoms with Crippen LogP contribution in [0.1, 0.15) is 13.3 Å². The summed E-state index contributed by atoms with van der Waals surface area (Å²) in [6.07, 6.45) is -3.27. The van der Waals surface area contributed by atoms with Gasteiger partial charge in [-0.1, -0.05) is 0 Å². The predicted molar refractivity (Wildman–Crippen MR) is 44.6 cm³/mol. The molecule has 0 aromatic rings. The van der Waals surface area contributed by atoms with E-state index in [0.29, 0.717) is 25.7 Å². The van der Waals surface area contributed by atoms with Gasteiger partial charge in [0.15, 0.2) is 0 Å². The molecule has 1 atom stereocenters. The maximum absolute atomic E-state index is 12.0. The molecule has 1 aliphatic rings. The number of hydrogen-bond donors (Lipinski definition) is 1. The van der Waals surface area contributed by atoms with E-state index in [0.717, 1.165) is 6.42 Å². The lowest BCUT2D eigenvalue weighted by Gasteiger charge is -2.20. The summed E-state index contributed by atoms with van der Waals surface area (Å²) < 4.78 is 36.0. The van der Waals surface area contributed by atoms with Gasteiger partial charge in [0.05, 0.1) is 6.54 Å². The lowest BCUT2D eigenvalue weighted by atomic mass is 10.2. The molecule has 1 unspecified atom stereocenters. The van der Waals surface area contributed by atoms with Gasteiger partial charge in [-0.2, -0.15) is 13.2 Å². The van der Waals surface area contributed by atoms with E-state index in [1.165, 1.54) is 4.90 Å². The minimum Gasteiger partial charge on any atom is -0.313 e. The first-order valence-corrected chi connectivity index (χ1v) is 4.50. The lowest BCUT2D eigenvalue weighted by Crippen LogP contribution is -2.36. The topological polar surface area (TPSA) is 15.3 Å². The van der Waals surface area contributed by atoms with Crippen molar-refractivity contribution in [3.8, 4) is 0 Å². The predicted octanol–water partition coefficient (Wildman–Crippen LogP) is 1.23. The summed E-state index contributed by atoms with van der Waals surface area (Å²) in [7, 11) is 0. The zero-order valence-electron chi connectivity index (χ0n) is 7.69. The third kappa shape index (κ3) is 4.47. The van der Waals surface area contributed by atoms with E-state index in [4.69, 9.17) is 0 Å². The van der Waals surface area contributed by atoms with Gasteiger partial charge in [-0.3, -0.25) is 4.90 Å². The molecule has 0 radical (unpaired) electrons. The molecule has 13 heavy (non-hydrogen) atoms. The first kappa shape index (κ1) is 10.8. The average Bonchev–Trinajstić information content (AvgIpc) is 2.12. The molecule has 1 aliphatic heterocycles. The van der Waals surface area contributed by atoms with Crippen LogP contribution in [0, 0.1) is 0 Å². The van der Waals surface area contributed by atoms with Crippen molar-refractivity contribution in [3.63, 3.8) is 0 Å². The summed E-state index contributed by atoms with van der Waals surface area (Å²) in [5.74, 6) is 0. The lowest BCUT2D eigenvalue weighted by molar-refractivity contribution is -0.145. The molecule has 2 nitrogen and oxygen atoms in total. The summed E-state index contributed by atoms with van der Waals surface area (Å²) in [4.78, 5) is 1.45. The van der Waals surface area contributed by atoms with Gasteiger partial charge in [0.1, 0.15) is 0 Å². The summed E-state index contributed by atoms with van der Waals surface area (Å²) in [5.41, 5.74) is 0. The average molecular weight is 196 g/mol. The Kier molecular flexibility index (Phi) is 3.55. The molecule has 78 valence electrons. The van der Waals surface area contributed by atoms with E-state index >= 15 is 0 Å². The number of nitrogens with zero attached hydrogens (tertiary/aromatic N) is 1. The number of hydrogen-bond acceptors (Lipinski definition) is 2. The maximum Gasteiger partial charge on any atom is 0.401 e. The van der Waals surface area contributed by atoms with Gasteiger partial charge in [-0.15, -0.1) is 0 Å². The summed E-state index contributed by atoms with van der Waals surface area (Å²) in [6.45, 7) is 2.90. The van der Waals surface area contributed by atoms with Crippen LogP contribution >= 0.6 is 0 Å². The third-order valence-corrected chi connectivity index (χ3v) is 2.20. The van der Waals surface area contributed by atoms with Crippen molar-refractivity contribution in [1.29, 1.82) is 0 Å². The Bertz CT molecular complexity index is 158. The van der Waals surface area contributed by atoms with Crippen molar-refractivity contribution in [2.75, 3.05) is 26.2 Å². The first-order valence-electron chi connectivity index (χ1n) is 4.50. The number of halogens is 3. The summed E-state index contributed by atoms with van der Waals surface area (Å²) in [6, 6.07) is 0.332. The van der Waals surface area contributed by atoms with Crippen molar-refractivity contribution in [1.82, 2.24) is 10.2 Å². The highest BCUT2D eigenvalue weighted by Gasteiger charge is 2.31. The fraction of sp³-hybridized carbons (Fsp3) is 1.00. The minimum absolute atomic E-state index is 0.332. The Morgan fingerprint density at radius 3 is 2.69 bits per heavy atom. The number of alkyl halides is 3. The Morgan fingerprint density at radius 1 is 1.38 bits per heavy atom. The molecular formula is C8H15F3N2. The van der Waals surface area contributed by atoms with Crippen LogP contribution in [0.4, 0.5) is 13.2 Å². The monoisotopic (exact) mass is 196 g/mol. The quantitative estimate of drug-likeness (QED) is 0.678. The van der Waals surface area contributed by atoms with Gasteiger partial charge in [-0.05, 0) is 19.9 Å². The van der Waals surface area contributed by atoms with E-state index in [2.05, 4.69) is 5.32 Å². The van der Waals surface area contributed by atoms with E-state index in [9.17, 15) is 13.2 Å². The van der Waals surface area contributed by atoms with Crippen molar-refractivity contribution >= 4 is 0 Å². The molecule has 0 saturated carbocycles. The molecule has 0 aromatic carbocycles. The van der Waals surface area contributed by atoms with Crippen LogP contribution in [-0.2, 0) is 0 Å². The Labute approximate surface area is 76.1 Å². The molecule has 1 saturated heterocycles. The standard InChI is InChI=1S/C8H15F3N2/c1-7-2-4-13(5-3-12-7)6-8(9,10)11/h7,12H,2-6H2,1H3. The molecule has 1 fully saturated rings. The molecule has 0 spiro atoms. The van der Waals surface area contributed by atoms with Gasteiger partial charge < -0.3 is 5.32 Å². The molecule has 1 N–H and O–H groups in total. The SMILES string of the molecule is CC1CCN(CC(F)(F)F)CCN1. The van der Waals surface area contributed by atoms with E-state index in [1.54, 1.807) is 0 Å². The van der Waals surface area contributed by atoms with Gasteiger partial charge in [0.25, 0.3) is 0 Å². The van der Waals surface area contributed by atoms with Crippen LogP contribution in [0.15, 0.2) is 0 Å². The second-order valence-electron chi connectivity index (χ2n) is 3.54. The Morgan fingerprint density at radius 2 is 2.08 bits per heavy atom. The molecule has 5 heteroatoms. The van der Waals surface area contributed by atoms with Crippen LogP contribution in [0.25, 0.3) is 0 Å². The van der Waals surface area contributed by atoms with Gasteiger partial charge in [0, 0.05) is 19.1 Å². The fourth-order valence-corrected chi connectivity index (χ4v) is 1.47. The molecule has 0 aromatic heterocycles. The van der Waals surface area contributed by atoms with Crippen molar-refractivity contribution in [3.05, 3.63) is 0 Å². The molecule has 1 rings (SSSR count). The van der Waals surface area contributed by atoms with Crippen LogP contribution in [0.2, 0.25) is 0 Å². The van der Waals surface area contributed by atoms with Gasteiger partial charge in [0.2, 0.25) is 0 Å². The van der Waals surface area contributed by atoms with Crippen LogP contribution in [-0.4, -0.2) is 43.3 Å². The second-order valence-corrected chi connectivity index (χ2v) is 3.54. The zero-order chi connectivity index (χ0) is 9.90. The van der Waals surface area contributed by atoms with E-state index in [1.807, 2.05) is 6.92 Å². The van der Waals surface area contributed by atoms with E-state index < -0.39 is 12.7 Å². The molecule has 0 amide bonds. The molecule has 0 aliphatic carbocycles. The van der Waals surface area contributed by atoms with Crippen LogP contribution in [0.5, 0.6) is 0 Å². The van der Waals surface area contributed by atoms with Gasteiger partial charge >= 0.3 is 6.18 Å². The molecule has 0 bridgehead atoms. The highest BCUT2D eigenvalue weighted by Crippen LogP contribution is 2.17. The zero-order valence-corrected chi connectivity index (χ0v) is 7.69.